The van der Waals surface area contributed by atoms with E-state index in [-0.39, 0.29) is 17.4 Å². The summed E-state index contributed by atoms with van der Waals surface area (Å²) in [5.74, 6) is 2.13. The van der Waals surface area contributed by atoms with Gasteiger partial charge in [-0.05, 0) is 47.9 Å². The summed E-state index contributed by atoms with van der Waals surface area (Å²) in [5.41, 5.74) is 2.44. The van der Waals surface area contributed by atoms with Crippen molar-refractivity contribution in [2.75, 3.05) is 29.9 Å². The standard InChI is InChI=1S/C24H28N6O2/c1-5-21(31)27-17-12-30(13-17)20-11-10-19-22(29-20)23(26-15-25-19)28-16-6-8-18(9-7-16)32-14-24(2,3)4/h5-11,15,17H,1,12-14H2,2-4H3,(H,27,31)(H,25,26,28). The molecule has 3 aromatic rings. The molecule has 0 spiro atoms. The smallest absolute Gasteiger partial charge is 0.243 e. The van der Waals surface area contributed by atoms with E-state index in [9.17, 15) is 4.79 Å². The molecule has 1 amide bonds. The molecule has 1 fully saturated rings. The Hall–Kier alpha value is -3.68. The lowest BCUT2D eigenvalue weighted by Gasteiger charge is -2.40. The molecule has 4 rings (SSSR count). The van der Waals surface area contributed by atoms with Gasteiger partial charge >= 0.3 is 0 Å². The van der Waals surface area contributed by atoms with Gasteiger partial charge in [0.05, 0.1) is 18.2 Å². The van der Waals surface area contributed by atoms with Crippen LogP contribution in [0.1, 0.15) is 20.8 Å². The Morgan fingerprint density at radius 2 is 1.94 bits per heavy atom. The molecule has 166 valence electrons. The molecule has 32 heavy (non-hydrogen) atoms. The Labute approximate surface area is 187 Å². The van der Waals surface area contributed by atoms with Gasteiger partial charge in [-0.3, -0.25) is 4.79 Å². The first-order chi connectivity index (χ1) is 15.3. The number of rotatable bonds is 7. The molecule has 0 aliphatic carbocycles. The molecular formula is C24H28N6O2. The van der Waals surface area contributed by atoms with Crippen LogP contribution in [0.15, 0.2) is 55.4 Å². The fraction of sp³-hybridized carbons (Fsp3) is 0.333. The molecule has 1 saturated heterocycles. The number of benzene rings is 1. The highest BCUT2D eigenvalue weighted by atomic mass is 16.5. The number of nitrogens with one attached hydrogen (secondary N) is 2. The van der Waals surface area contributed by atoms with Gasteiger partial charge < -0.3 is 20.3 Å². The lowest BCUT2D eigenvalue weighted by molar-refractivity contribution is -0.117. The summed E-state index contributed by atoms with van der Waals surface area (Å²) in [6, 6.07) is 11.8. The second kappa shape index (κ2) is 8.82. The van der Waals surface area contributed by atoms with Gasteiger partial charge in [-0.1, -0.05) is 27.4 Å². The number of hydrogen-bond donors (Lipinski definition) is 2. The summed E-state index contributed by atoms with van der Waals surface area (Å²) in [6.07, 6.45) is 2.81. The highest BCUT2D eigenvalue weighted by Gasteiger charge is 2.28. The van der Waals surface area contributed by atoms with Crippen molar-refractivity contribution < 1.29 is 9.53 Å². The molecule has 0 unspecified atom stereocenters. The van der Waals surface area contributed by atoms with Crippen molar-refractivity contribution in [3.05, 3.63) is 55.4 Å². The molecule has 0 atom stereocenters. The molecule has 1 aromatic carbocycles. The van der Waals surface area contributed by atoms with Crippen LogP contribution in [0.2, 0.25) is 0 Å². The SMILES string of the molecule is C=CC(=O)NC1CN(c2ccc3ncnc(Nc4ccc(OCC(C)(C)C)cc4)c3n2)C1. The highest BCUT2D eigenvalue weighted by Crippen LogP contribution is 2.27. The summed E-state index contributed by atoms with van der Waals surface area (Å²) < 4.78 is 5.84. The number of pyridine rings is 1. The lowest BCUT2D eigenvalue weighted by Crippen LogP contribution is -2.59. The molecule has 1 aliphatic rings. The van der Waals surface area contributed by atoms with Gasteiger partial charge in [0.2, 0.25) is 5.91 Å². The predicted octanol–water partition coefficient (Wildman–Crippen LogP) is 3.68. The normalized spacial score (nSPS) is 14.0. The van der Waals surface area contributed by atoms with Crippen molar-refractivity contribution in [1.29, 1.82) is 0 Å². The number of amides is 1. The van der Waals surface area contributed by atoms with E-state index in [0.29, 0.717) is 31.0 Å². The van der Waals surface area contributed by atoms with Crippen molar-refractivity contribution in [1.82, 2.24) is 20.3 Å². The zero-order valence-corrected chi connectivity index (χ0v) is 18.6. The third-order valence-electron chi connectivity index (χ3n) is 4.99. The van der Waals surface area contributed by atoms with Gasteiger partial charge in [0.15, 0.2) is 5.82 Å². The van der Waals surface area contributed by atoms with E-state index in [1.165, 1.54) is 12.4 Å². The van der Waals surface area contributed by atoms with Crippen LogP contribution in [-0.2, 0) is 4.79 Å². The van der Waals surface area contributed by atoms with Crippen LogP contribution in [0.5, 0.6) is 5.75 Å². The van der Waals surface area contributed by atoms with Crippen molar-refractivity contribution >= 4 is 34.3 Å². The molecule has 0 radical (unpaired) electrons. The van der Waals surface area contributed by atoms with Crippen molar-refractivity contribution in [2.45, 2.75) is 26.8 Å². The highest BCUT2D eigenvalue weighted by molar-refractivity contribution is 5.89. The summed E-state index contributed by atoms with van der Waals surface area (Å²) in [6.45, 7) is 12.0. The van der Waals surface area contributed by atoms with Gasteiger partial charge in [-0.2, -0.15) is 0 Å². The number of nitrogens with zero attached hydrogens (tertiary/aromatic N) is 4. The van der Waals surface area contributed by atoms with E-state index >= 15 is 0 Å². The molecular weight excluding hydrogens is 404 g/mol. The van der Waals surface area contributed by atoms with E-state index in [0.717, 1.165) is 22.8 Å². The fourth-order valence-electron chi connectivity index (χ4n) is 3.29. The Bertz CT molecular complexity index is 1120. The number of aromatic nitrogens is 3. The van der Waals surface area contributed by atoms with E-state index in [1.807, 2.05) is 36.4 Å². The third-order valence-corrected chi connectivity index (χ3v) is 4.99. The van der Waals surface area contributed by atoms with E-state index < -0.39 is 0 Å². The predicted molar refractivity (Wildman–Crippen MR) is 126 cm³/mol. The first kappa shape index (κ1) is 21.5. The molecule has 0 saturated carbocycles. The number of carbonyl (C=O) groups is 1. The quantitative estimate of drug-likeness (QED) is 0.550. The van der Waals surface area contributed by atoms with Crippen LogP contribution in [0.25, 0.3) is 11.0 Å². The maximum absolute atomic E-state index is 11.5. The minimum atomic E-state index is -0.157. The van der Waals surface area contributed by atoms with Crippen LogP contribution in [0.3, 0.4) is 0 Å². The maximum Gasteiger partial charge on any atom is 0.243 e. The number of carbonyl (C=O) groups excluding carboxylic acids is 1. The monoisotopic (exact) mass is 432 g/mol. The van der Waals surface area contributed by atoms with Crippen LogP contribution in [0.4, 0.5) is 17.3 Å². The van der Waals surface area contributed by atoms with E-state index in [1.54, 1.807) is 0 Å². The van der Waals surface area contributed by atoms with E-state index in [2.05, 4.69) is 52.9 Å². The van der Waals surface area contributed by atoms with Gasteiger partial charge in [-0.15, -0.1) is 0 Å². The molecule has 2 aromatic heterocycles. The maximum atomic E-state index is 11.5. The Morgan fingerprint density at radius 1 is 1.19 bits per heavy atom. The minimum absolute atomic E-state index is 0.0987. The van der Waals surface area contributed by atoms with E-state index in [4.69, 9.17) is 9.72 Å². The third kappa shape index (κ3) is 5.14. The van der Waals surface area contributed by atoms with Crippen molar-refractivity contribution in [3.8, 4) is 5.75 Å². The van der Waals surface area contributed by atoms with Crippen LogP contribution < -0.4 is 20.3 Å². The number of hydrogen-bond acceptors (Lipinski definition) is 7. The number of fused-ring (bicyclic) bond motifs is 1. The first-order valence-corrected chi connectivity index (χ1v) is 10.6. The molecule has 8 nitrogen and oxygen atoms in total. The minimum Gasteiger partial charge on any atom is -0.493 e. The fourth-order valence-corrected chi connectivity index (χ4v) is 3.29. The average molecular weight is 433 g/mol. The van der Waals surface area contributed by atoms with Gasteiger partial charge in [0.1, 0.15) is 23.4 Å². The Balaban J connectivity index is 1.47. The zero-order chi connectivity index (χ0) is 22.7. The molecule has 3 heterocycles. The molecule has 2 N–H and O–H groups in total. The summed E-state index contributed by atoms with van der Waals surface area (Å²) >= 11 is 0. The zero-order valence-electron chi connectivity index (χ0n) is 18.6. The van der Waals surface area contributed by atoms with Gasteiger partial charge in [0, 0.05) is 18.8 Å². The van der Waals surface area contributed by atoms with Crippen molar-refractivity contribution in [2.24, 2.45) is 5.41 Å². The second-order valence-corrected chi connectivity index (χ2v) is 9.07. The summed E-state index contributed by atoms with van der Waals surface area (Å²) in [4.78, 5) is 27.1. The number of ether oxygens (including phenoxy) is 1. The Morgan fingerprint density at radius 3 is 2.62 bits per heavy atom. The second-order valence-electron chi connectivity index (χ2n) is 9.07. The summed E-state index contributed by atoms with van der Waals surface area (Å²) in [5, 5.41) is 6.23. The lowest BCUT2D eigenvalue weighted by atomic mass is 9.99. The molecule has 8 heteroatoms. The molecule has 0 bridgehead atoms. The number of anilines is 3. The van der Waals surface area contributed by atoms with Crippen LogP contribution in [-0.4, -0.2) is 46.6 Å². The van der Waals surface area contributed by atoms with Gasteiger partial charge in [0.25, 0.3) is 0 Å². The average Bonchev–Trinajstić information content (AvgIpc) is 2.75. The Kier molecular flexibility index (Phi) is 5.94. The van der Waals surface area contributed by atoms with Crippen molar-refractivity contribution in [3.63, 3.8) is 0 Å². The topological polar surface area (TPSA) is 92.3 Å². The van der Waals surface area contributed by atoms with Crippen LogP contribution in [0, 0.1) is 5.41 Å². The van der Waals surface area contributed by atoms with Gasteiger partial charge in [-0.25, -0.2) is 15.0 Å². The first-order valence-electron chi connectivity index (χ1n) is 10.6. The van der Waals surface area contributed by atoms with Crippen LogP contribution >= 0.6 is 0 Å². The summed E-state index contributed by atoms with van der Waals surface area (Å²) in [7, 11) is 0. The molecule has 1 aliphatic heterocycles. The largest absolute Gasteiger partial charge is 0.493 e.